The van der Waals surface area contributed by atoms with E-state index >= 15 is 0 Å². The van der Waals surface area contributed by atoms with Gasteiger partial charge in [0.05, 0.1) is 17.8 Å². The van der Waals surface area contributed by atoms with Crippen molar-refractivity contribution in [3.8, 4) is 0 Å². The average Bonchev–Trinajstić information content (AvgIpc) is 2.11. The molecular weight excluding hydrogens is 192 g/mol. The monoisotopic (exact) mass is 202 g/mol. The highest BCUT2D eigenvalue weighted by Gasteiger charge is 2.17. The summed E-state index contributed by atoms with van der Waals surface area (Å²) >= 11 is 0. The molecule has 3 N–H and O–H groups in total. The average molecular weight is 202 g/mol. The molecule has 0 bridgehead atoms. The minimum atomic E-state index is -1.73. The molecule has 0 rings (SSSR count). The second kappa shape index (κ2) is 5.15. The van der Waals surface area contributed by atoms with Gasteiger partial charge in [-0.3, -0.25) is 0 Å². The molecule has 0 amide bonds. The molecule has 0 saturated heterocycles. The Labute approximate surface area is 79.7 Å². The van der Waals surface area contributed by atoms with E-state index in [-0.39, 0.29) is 5.57 Å². The summed E-state index contributed by atoms with van der Waals surface area (Å²) in [4.78, 5) is 20.5. The summed E-state index contributed by atoms with van der Waals surface area (Å²) in [5.74, 6) is -2.70. The highest BCUT2D eigenvalue weighted by Crippen LogP contribution is 2.03. The van der Waals surface area contributed by atoms with Crippen LogP contribution in [0.5, 0.6) is 0 Å². The molecule has 78 valence electrons. The van der Waals surface area contributed by atoms with Crippen molar-refractivity contribution >= 4 is 11.9 Å². The summed E-state index contributed by atoms with van der Waals surface area (Å²) in [6.07, 6.45) is -1.73. The van der Waals surface area contributed by atoms with Crippen LogP contribution in [0.3, 0.4) is 0 Å². The number of carboxylic acid groups (broad SMARTS) is 2. The Hall–Kier alpha value is -1.66. The number of hydrogen-bond acceptors (Lipinski definition) is 4. The molecule has 0 aromatic heterocycles. The Balaban J connectivity index is 4.03. The fraction of sp³-hybridized carbons (Fsp3) is 0.250. The summed E-state index contributed by atoms with van der Waals surface area (Å²) in [7, 11) is 0. The van der Waals surface area contributed by atoms with Gasteiger partial charge in [-0.15, -0.1) is 0 Å². The lowest BCUT2D eigenvalue weighted by atomic mass is 10.3. The minimum absolute atomic E-state index is 0.290. The first-order valence-electron chi connectivity index (χ1n) is 3.49. The molecule has 0 fully saturated rings. The van der Waals surface area contributed by atoms with Crippen LogP contribution in [0, 0.1) is 0 Å². The van der Waals surface area contributed by atoms with Gasteiger partial charge in [-0.25, -0.2) is 9.59 Å². The lowest BCUT2D eigenvalue weighted by Crippen LogP contribution is -2.22. The van der Waals surface area contributed by atoms with Crippen molar-refractivity contribution < 1.29 is 29.6 Å². The maximum atomic E-state index is 10.2. The molecule has 0 aliphatic rings. The van der Waals surface area contributed by atoms with Crippen molar-refractivity contribution in [3.63, 3.8) is 0 Å². The largest absolute Gasteiger partial charge is 0.478 e. The molecule has 14 heavy (non-hydrogen) atoms. The van der Waals surface area contributed by atoms with E-state index in [1.54, 1.807) is 0 Å². The van der Waals surface area contributed by atoms with Gasteiger partial charge >= 0.3 is 11.9 Å². The van der Waals surface area contributed by atoms with Gasteiger partial charge in [-0.1, -0.05) is 13.2 Å². The van der Waals surface area contributed by atoms with Gasteiger partial charge in [0, 0.05) is 0 Å². The standard InChI is InChI=1S/C8H10O6/c1-4(6(9)10)3-14-8(13)5(2)7(11)12/h8,13H,1-3H2,(H,9,10)(H,11,12). The van der Waals surface area contributed by atoms with Crippen molar-refractivity contribution in [2.24, 2.45) is 0 Å². The molecule has 0 spiro atoms. The number of aliphatic hydroxyl groups is 1. The number of aliphatic carboxylic acids is 2. The van der Waals surface area contributed by atoms with Gasteiger partial charge in [0.1, 0.15) is 0 Å². The fourth-order valence-corrected chi connectivity index (χ4v) is 0.447. The maximum absolute atomic E-state index is 10.2. The highest BCUT2D eigenvalue weighted by molar-refractivity contribution is 5.87. The number of rotatable bonds is 6. The molecule has 6 nitrogen and oxygen atoms in total. The molecular formula is C8H10O6. The van der Waals surface area contributed by atoms with Crippen molar-refractivity contribution in [1.82, 2.24) is 0 Å². The topological polar surface area (TPSA) is 104 Å². The van der Waals surface area contributed by atoms with Crippen LogP contribution in [0.1, 0.15) is 0 Å². The van der Waals surface area contributed by atoms with Crippen LogP contribution in [0.4, 0.5) is 0 Å². The van der Waals surface area contributed by atoms with E-state index in [0.717, 1.165) is 0 Å². The highest BCUT2D eigenvalue weighted by atomic mass is 16.6. The third-order valence-electron chi connectivity index (χ3n) is 1.29. The van der Waals surface area contributed by atoms with E-state index in [9.17, 15) is 9.59 Å². The predicted octanol–water partition coefficient (Wildman–Crippen LogP) is -0.397. The van der Waals surface area contributed by atoms with E-state index in [0.29, 0.717) is 0 Å². The SMILES string of the molecule is C=C(COC(O)C(=C)C(=O)O)C(=O)O. The second-order valence-electron chi connectivity index (χ2n) is 2.40. The Bertz CT molecular complexity index is 280. The lowest BCUT2D eigenvalue weighted by Gasteiger charge is -2.11. The lowest BCUT2D eigenvalue weighted by molar-refractivity contribution is -0.139. The summed E-state index contributed by atoms with van der Waals surface area (Å²) in [5, 5.41) is 25.7. The zero-order valence-corrected chi connectivity index (χ0v) is 7.27. The van der Waals surface area contributed by atoms with Crippen LogP contribution < -0.4 is 0 Å². The number of hydrogen-bond donors (Lipinski definition) is 3. The molecule has 1 atom stereocenters. The first-order chi connectivity index (χ1) is 6.36. The molecule has 0 radical (unpaired) electrons. The summed E-state index contributed by atoms with van der Waals surface area (Å²) in [6.45, 7) is 5.67. The number of aliphatic hydroxyl groups excluding tert-OH is 1. The zero-order chi connectivity index (χ0) is 11.3. The fourth-order valence-electron chi connectivity index (χ4n) is 0.447. The second-order valence-corrected chi connectivity index (χ2v) is 2.40. The molecule has 0 aromatic rings. The summed E-state index contributed by atoms with van der Waals surface area (Å²) in [6, 6.07) is 0. The van der Waals surface area contributed by atoms with E-state index < -0.39 is 30.4 Å². The van der Waals surface area contributed by atoms with Crippen molar-refractivity contribution in [2.75, 3.05) is 6.61 Å². The zero-order valence-electron chi connectivity index (χ0n) is 7.27. The van der Waals surface area contributed by atoms with Gasteiger partial charge in [-0.05, 0) is 0 Å². The van der Waals surface area contributed by atoms with E-state index in [4.69, 9.17) is 15.3 Å². The van der Waals surface area contributed by atoms with Crippen LogP contribution in [0.2, 0.25) is 0 Å². The van der Waals surface area contributed by atoms with Gasteiger partial charge in [0.2, 0.25) is 0 Å². The Kier molecular flexibility index (Phi) is 4.54. The van der Waals surface area contributed by atoms with Gasteiger partial charge in [0.15, 0.2) is 6.29 Å². The van der Waals surface area contributed by atoms with Gasteiger partial charge in [-0.2, -0.15) is 0 Å². The van der Waals surface area contributed by atoms with Crippen molar-refractivity contribution in [2.45, 2.75) is 6.29 Å². The molecule has 6 heteroatoms. The Morgan fingerprint density at radius 3 is 2.07 bits per heavy atom. The van der Waals surface area contributed by atoms with Gasteiger partial charge < -0.3 is 20.1 Å². The van der Waals surface area contributed by atoms with E-state index in [1.165, 1.54) is 0 Å². The predicted molar refractivity (Wildman–Crippen MR) is 45.5 cm³/mol. The van der Waals surface area contributed by atoms with Crippen LogP contribution in [0.25, 0.3) is 0 Å². The molecule has 0 heterocycles. The molecule has 1 unspecified atom stereocenters. The molecule has 0 aromatic carbocycles. The Morgan fingerprint density at radius 1 is 1.21 bits per heavy atom. The molecule has 0 aliphatic carbocycles. The van der Waals surface area contributed by atoms with Crippen LogP contribution in [-0.4, -0.2) is 40.2 Å². The first-order valence-corrected chi connectivity index (χ1v) is 3.49. The van der Waals surface area contributed by atoms with Crippen molar-refractivity contribution in [3.05, 3.63) is 24.3 Å². The van der Waals surface area contributed by atoms with Gasteiger partial charge in [0.25, 0.3) is 0 Å². The molecule has 0 saturated carbocycles. The Morgan fingerprint density at radius 2 is 1.71 bits per heavy atom. The number of carboxylic acids is 2. The third kappa shape index (κ3) is 3.83. The number of carbonyl (C=O) groups is 2. The normalized spacial score (nSPS) is 11.8. The summed E-state index contributed by atoms with van der Waals surface area (Å²) in [5.41, 5.74) is -0.856. The maximum Gasteiger partial charge on any atom is 0.336 e. The van der Waals surface area contributed by atoms with Crippen molar-refractivity contribution in [1.29, 1.82) is 0 Å². The van der Waals surface area contributed by atoms with Crippen LogP contribution in [-0.2, 0) is 14.3 Å². The number of ether oxygens (including phenoxy) is 1. The quantitative estimate of drug-likeness (QED) is 0.400. The first kappa shape index (κ1) is 12.3. The minimum Gasteiger partial charge on any atom is -0.478 e. The van der Waals surface area contributed by atoms with E-state index in [2.05, 4.69) is 17.9 Å². The van der Waals surface area contributed by atoms with Crippen LogP contribution >= 0.6 is 0 Å². The van der Waals surface area contributed by atoms with E-state index in [1.807, 2.05) is 0 Å². The summed E-state index contributed by atoms with van der Waals surface area (Å²) < 4.78 is 4.48. The smallest absolute Gasteiger partial charge is 0.336 e. The molecule has 0 aliphatic heterocycles. The van der Waals surface area contributed by atoms with Crippen LogP contribution in [0.15, 0.2) is 24.3 Å². The third-order valence-corrected chi connectivity index (χ3v) is 1.29.